The number of nitrogens with zero attached hydrogens (tertiary/aromatic N) is 2. The molecule has 5 nitrogen and oxygen atoms in total. The van der Waals surface area contributed by atoms with Crippen molar-refractivity contribution in [3.63, 3.8) is 0 Å². The van der Waals surface area contributed by atoms with Gasteiger partial charge in [-0.25, -0.2) is 9.78 Å². The quantitative estimate of drug-likeness (QED) is 0.875. The third kappa shape index (κ3) is 6.01. The first-order valence-corrected chi connectivity index (χ1v) is 8.24. The average molecular weight is 313 g/mol. The fourth-order valence-corrected chi connectivity index (χ4v) is 2.78. The first-order chi connectivity index (χ1) is 9.74. The van der Waals surface area contributed by atoms with Gasteiger partial charge in [-0.05, 0) is 41.5 Å². The van der Waals surface area contributed by atoms with Crippen LogP contribution in [-0.2, 0) is 4.74 Å². The average Bonchev–Trinajstić information content (AvgIpc) is 2.78. The van der Waals surface area contributed by atoms with Crippen LogP contribution in [0.4, 0.5) is 4.79 Å². The molecule has 0 saturated heterocycles. The Labute approximate surface area is 131 Å². The lowest BCUT2D eigenvalue weighted by atomic mass is 10.2. The molecule has 1 heterocycles. The van der Waals surface area contributed by atoms with E-state index in [1.54, 1.807) is 16.2 Å². The molecule has 0 aliphatic heterocycles. The van der Waals surface area contributed by atoms with Crippen LogP contribution in [0.15, 0.2) is 5.51 Å². The highest BCUT2D eigenvalue weighted by Crippen LogP contribution is 2.20. The number of aryl methyl sites for hydroxylation is 1. The molecule has 1 amide bonds. The predicted octanol–water partition coefficient (Wildman–Crippen LogP) is 3.36. The van der Waals surface area contributed by atoms with E-state index in [2.05, 4.69) is 17.2 Å². The lowest BCUT2D eigenvalue weighted by Gasteiger charge is -2.27. The summed E-state index contributed by atoms with van der Waals surface area (Å²) in [5.74, 6) is 0. The summed E-state index contributed by atoms with van der Waals surface area (Å²) < 4.78 is 5.39. The van der Waals surface area contributed by atoms with Crippen LogP contribution in [-0.4, -0.2) is 41.2 Å². The van der Waals surface area contributed by atoms with Gasteiger partial charge >= 0.3 is 6.09 Å². The molecule has 1 unspecified atom stereocenters. The Morgan fingerprint density at radius 2 is 2.19 bits per heavy atom. The first-order valence-electron chi connectivity index (χ1n) is 7.36. The molecule has 0 aliphatic rings. The second-order valence-electron chi connectivity index (χ2n) is 6.04. The van der Waals surface area contributed by atoms with Gasteiger partial charge in [0, 0.05) is 30.6 Å². The number of hydrogen-bond donors (Lipinski definition) is 1. The van der Waals surface area contributed by atoms with Crippen LogP contribution in [0.5, 0.6) is 0 Å². The molecule has 0 radical (unpaired) electrons. The third-order valence-corrected chi connectivity index (χ3v) is 4.16. The maximum absolute atomic E-state index is 12.0. The van der Waals surface area contributed by atoms with Crippen molar-refractivity contribution in [2.75, 3.05) is 19.6 Å². The highest BCUT2D eigenvalue weighted by molar-refractivity contribution is 7.09. The largest absolute Gasteiger partial charge is 0.444 e. The summed E-state index contributed by atoms with van der Waals surface area (Å²) in [6.07, 6.45) is -0.256. The minimum absolute atomic E-state index is 0.245. The topological polar surface area (TPSA) is 54.5 Å². The third-order valence-electron chi connectivity index (χ3n) is 3.04. The fourth-order valence-electron chi connectivity index (χ4n) is 1.94. The van der Waals surface area contributed by atoms with E-state index in [1.165, 1.54) is 4.88 Å². The molecular weight excluding hydrogens is 286 g/mol. The van der Waals surface area contributed by atoms with E-state index < -0.39 is 5.60 Å². The minimum atomic E-state index is -0.453. The summed E-state index contributed by atoms with van der Waals surface area (Å²) in [4.78, 5) is 19.2. The number of ether oxygens (including phenoxy) is 1. The number of thiazole rings is 1. The van der Waals surface area contributed by atoms with E-state index in [0.29, 0.717) is 13.1 Å². The molecule has 1 aromatic heterocycles. The van der Waals surface area contributed by atoms with Crippen molar-refractivity contribution in [3.05, 3.63) is 16.1 Å². The maximum Gasteiger partial charge on any atom is 0.410 e. The monoisotopic (exact) mass is 313 g/mol. The predicted molar refractivity (Wildman–Crippen MR) is 86.7 cm³/mol. The van der Waals surface area contributed by atoms with E-state index in [1.807, 2.05) is 40.1 Å². The molecule has 0 aliphatic carbocycles. The second kappa shape index (κ2) is 7.75. The van der Waals surface area contributed by atoms with Gasteiger partial charge in [0.15, 0.2) is 0 Å². The number of hydrogen-bond acceptors (Lipinski definition) is 5. The molecule has 1 N–H and O–H groups in total. The van der Waals surface area contributed by atoms with Crippen molar-refractivity contribution in [2.45, 2.75) is 53.2 Å². The number of rotatable bonds is 6. The molecule has 0 bridgehead atoms. The molecule has 21 heavy (non-hydrogen) atoms. The zero-order chi connectivity index (χ0) is 16.0. The van der Waals surface area contributed by atoms with Crippen molar-refractivity contribution in [1.82, 2.24) is 15.2 Å². The van der Waals surface area contributed by atoms with Gasteiger partial charge in [0.2, 0.25) is 0 Å². The van der Waals surface area contributed by atoms with Crippen LogP contribution in [0, 0.1) is 6.92 Å². The Bertz CT molecular complexity index is 454. The van der Waals surface area contributed by atoms with Crippen LogP contribution in [0.3, 0.4) is 0 Å². The lowest BCUT2D eigenvalue weighted by Crippen LogP contribution is -2.40. The van der Waals surface area contributed by atoms with Crippen LogP contribution < -0.4 is 5.32 Å². The van der Waals surface area contributed by atoms with E-state index in [4.69, 9.17) is 4.74 Å². The Morgan fingerprint density at radius 3 is 2.67 bits per heavy atom. The molecule has 120 valence electrons. The van der Waals surface area contributed by atoms with E-state index in [0.717, 1.165) is 12.2 Å². The first kappa shape index (κ1) is 17.9. The Hall–Kier alpha value is -1.14. The van der Waals surface area contributed by atoms with E-state index in [-0.39, 0.29) is 12.1 Å². The minimum Gasteiger partial charge on any atom is -0.444 e. The summed E-state index contributed by atoms with van der Waals surface area (Å²) in [6, 6.07) is 0.245. The molecular formula is C15H27N3O2S. The lowest BCUT2D eigenvalue weighted by molar-refractivity contribution is 0.0261. The number of aromatic nitrogens is 1. The van der Waals surface area contributed by atoms with E-state index in [9.17, 15) is 4.79 Å². The van der Waals surface area contributed by atoms with Crippen molar-refractivity contribution in [2.24, 2.45) is 0 Å². The fraction of sp³-hybridized carbons (Fsp3) is 0.733. The molecule has 1 aromatic rings. The van der Waals surface area contributed by atoms with Crippen molar-refractivity contribution in [1.29, 1.82) is 0 Å². The van der Waals surface area contributed by atoms with Crippen LogP contribution in [0.2, 0.25) is 0 Å². The number of carbonyl (C=O) groups excluding carboxylic acids is 1. The molecule has 1 atom stereocenters. The van der Waals surface area contributed by atoms with Gasteiger partial charge in [0.25, 0.3) is 0 Å². The maximum atomic E-state index is 12.0. The van der Waals surface area contributed by atoms with E-state index >= 15 is 0 Å². The van der Waals surface area contributed by atoms with Crippen LogP contribution in [0.25, 0.3) is 0 Å². The van der Waals surface area contributed by atoms with Gasteiger partial charge in [-0.1, -0.05) is 0 Å². The van der Waals surface area contributed by atoms with Gasteiger partial charge in [-0.15, -0.1) is 11.3 Å². The molecule has 1 rings (SSSR count). The molecule has 0 spiro atoms. The molecule has 0 fully saturated rings. The number of amides is 1. The number of nitrogens with one attached hydrogen (secondary N) is 1. The highest BCUT2D eigenvalue weighted by Gasteiger charge is 2.21. The number of likely N-dealkylation sites (N-methyl/N-ethyl adjacent to an activating group) is 1. The summed E-state index contributed by atoms with van der Waals surface area (Å²) in [5, 5.41) is 3.43. The molecule has 6 heteroatoms. The zero-order valence-electron chi connectivity index (χ0n) is 13.9. The zero-order valence-corrected chi connectivity index (χ0v) is 14.7. The Morgan fingerprint density at radius 1 is 1.52 bits per heavy atom. The van der Waals surface area contributed by atoms with Crippen LogP contribution in [0.1, 0.15) is 51.2 Å². The van der Waals surface area contributed by atoms with Crippen molar-refractivity contribution in [3.8, 4) is 0 Å². The Balaban J connectivity index is 2.42. The Kier molecular flexibility index (Phi) is 6.61. The van der Waals surface area contributed by atoms with Crippen molar-refractivity contribution >= 4 is 17.4 Å². The second-order valence-corrected chi connectivity index (χ2v) is 6.92. The smallest absolute Gasteiger partial charge is 0.410 e. The molecule has 0 saturated carbocycles. The van der Waals surface area contributed by atoms with Gasteiger partial charge in [0.05, 0.1) is 11.2 Å². The normalized spacial score (nSPS) is 13.0. The highest BCUT2D eigenvalue weighted by atomic mass is 32.1. The summed E-state index contributed by atoms with van der Waals surface area (Å²) >= 11 is 1.66. The van der Waals surface area contributed by atoms with Gasteiger partial charge in [0.1, 0.15) is 5.60 Å². The summed E-state index contributed by atoms with van der Waals surface area (Å²) in [6.45, 7) is 13.7. The van der Waals surface area contributed by atoms with Gasteiger partial charge in [-0.2, -0.15) is 0 Å². The summed E-state index contributed by atoms with van der Waals surface area (Å²) in [5.41, 5.74) is 2.48. The van der Waals surface area contributed by atoms with Gasteiger partial charge < -0.3 is 15.0 Å². The van der Waals surface area contributed by atoms with Crippen molar-refractivity contribution < 1.29 is 9.53 Å². The number of carbonyl (C=O) groups is 1. The SMILES string of the molecule is CCN(CCNC(C)c1scnc1C)C(=O)OC(C)(C)C. The van der Waals surface area contributed by atoms with Crippen LogP contribution >= 0.6 is 11.3 Å². The summed E-state index contributed by atoms with van der Waals surface area (Å²) in [7, 11) is 0. The standard InChI is InChI=1S/C15H27N3O2S/c1-7-18(14(19)20-15(4,5)6)9-8-16-11(2)13-12(3)17-10-21-13/h10-11,16H,7-9H2,1-6H3. The molecule has 0 aromatic carbocycles. The van der Waals surface area contributed by atoms with Gasteiger partial charge in [-0.3, -0.25) is 0 Å².